The lowest BCUT2D eigenvalue weighted by atomic mass is 9.94. The minimum Gasteiger partial charge on any atom is -0.479 e. The number of carboxylic acids is 1. The molecule has 1 atom stereocenters. The Kier molecular flexibility index (Phi) is 4.08. The van der Waals surface area contributed by atoms with Crippen molar-refractivity contribution in [1.29, 1.82) is 0 Å². The van der Waals surface area contributed by atoms with Crippen molar-refractivity contribution in [3.05, 3.63) is 54.1 Å². The van der Waals surface area contributed by atoms with E-state index in [0.29, 0.717) is 11.1 Å². The minimum absolute atomic E-state index is 0.202. The van der Waals surface area contributed by atoms with E-state index in [9.17, 15) is 18.3 Å². The Morgan fingerprint density at radius 3 is 2.09 bits per heavy atom. The van der Waals surface area contributed by atoms with Gasteiger partial charge in [-0.1, -0.05) is 42.5 Å². The molecule has 2 aromatic rings. The van der Waals surface area contributed by atoms with Crippen LogP contribution in [0.25, 0.3) is 11.1 Å². The van der Waals surface area contributed by atoms with Crippen molar-refractivity contribution >= 4 is 15.8 Å². The molecule has 0 fully saturated rings. The largest absolute Gasteiger partial charge is 0.479 e. The Bertz CT molecular complexity index is 805. The molecule has 0 spiro atoms. The highest BCUT2D eigenvalue weighted by Gasteiger charge is 2.32. The summed E-state index contributed by atoms with van der Waals surface area (Å²) in [6, 6.07) is 12.7. The maximum Gasteiger partial charge on any atom is 0.340 e. The van der Waals surface area contributed by atoms with Crippen molar-refractivity contribution in [2.45, 2.75) is 17.4 Å². The highest BCUT2D eigenvalue weighted by molar-refractivity contribution is 7.90. The maximum absolute atomic E-state index is 11.8. The Hall–Kier alpha value is -2.18. The lowest BCUT2D eigenvalue weighted by molar-refractivity contribution is -0.157. The van der Waals surface area contributed by atoms with Gasteiger partial charge in [-0.05, 0) is 24.1 Å². The molecule has 2 N–H and O–H groups in total. The van der Waals surface area contributed by atoms with Gasteiger partial charge in [-0.2, -0.15) is 0 Å². The van der Waals surface area contributed by atoms with E-state index in [1.165, 1.54) is 25.1 Å². The predicted molar refractivity (Wildman–Crippen MR) is 82.2 cm³/mol. The van der Waals surface area contributed by atoms with Crippen molar-refractivity contribution < 1.29 is 23.4 Å². The standard InChI is InChI=1S/C16H16O5S/c1-16(19,15(17)18)12-9-7-11(8-10-12)13-5-3-4-6-14(13)22(2,20)21/h3-10,19H,1-2H3,(H,17,18). The number of hydrogen-bond donors (Lipinski definition) is 2. The van der Waals surface area contributed by atoms with Gasteiger partial charge in [0.25, 0.3) is 0 Å². The molecule has 116 valence electrons. The van der Waals surface area contributed by atoms with Gasteiger partial charge < -0.3 is 10.2 Å². The van der Waals surface area contributed by atoms with E-state index in [1.807, 2.05) is 0 Å². The number of aliphatic hydroxyl groups is 1. The number of sulfone groups is 1. The Labute approximate surface area is 128 Å². The Morgan fingerprint density at radius 2 is 1.59 bits per heavy atom. The summed E-state index contributed by atoms with van der Waals surface area (Å²) in [5.74, 6) is -1.35. The molecule has 0 radical (unpaired) electrons. The van der Waals surface area contributed by atoms with Crippen LogP contribution in [-0.4, -0.2) is 30.9 Å². The van der Waals surface area contributed by atoms with Crippen LogP contribution in [0, 0.1) is 0 Å². The van der Waals surface area contributed by atoms with E-state index in [0.717, 1.165) is 6.26 Å². The molecule has 0 saturated carbocycles. The van der Waals surface area contributed by atoms with Crippen LogP contribution in [0.1, 0.15) is 12.5 Å². The van der Waals surface area contributed by atoms with E-state index in [2.05, 4.69) is 0 Å². The van der Waals surface area contributed by atoms with Crippen LogP contribution in [0.15, 0.2) is 53.4 Å². The summed E-state index contributed by atoms with van der Waals surface area (Å²) in [5, 5.41) is 18.9. The van der Waals surface area contributed by atoms with Crippen LogP contribution >= 0.6 is 0 Å². The van der Waals surface area contributed by atoms with Crippen LogP contribution in [0.3, 0.4) is 0 Å². The first-order valence-corrected chi connectivity index (χ1v) is 8.39. The van der Waals surface area contributed by atoms with Gasteiger partial charge in [-0.15, -0.1) is 0 Å². The van der Waals surface area contributed by atoms with Crippen LogP contribution in [0.2, 0.25) is 0 Å². The lowest BCUT2D eigenvalue weighted by Crippen LogP contribution is -2.31. The summed E-state index contributed by atoms with van der Waals surface area (Å²) >= 11 is 0. The molecular formula is C16H16O5S. The molecule has 6 heteroatoms. The van der Waals surface area contributed by atoms with Crippen molar-refractivity contribution in [3.8, 4) is 11.1 Å². The maximum atomic E-state index is 11.8. The zero-order valence-electron chi connectivity index (χ0n) is 12.1. The second-order valence-corrected chi connectivity index (χ2v) is 7.21. The van der Waals surface area contributed by atoms with Crippen molar-refractivity contribution in [2.75, 3.05) is 6.26 Å². The summed E-state index contributed by atoms with van der Waals surface area (Å²) in [6.45, 7) is 1.19. The molecule has 0 aliphatic heterocycles. The molecule has 0 bridgehead atoms. The van der Waals surface area contributed by atoms with Crippen molar-refractivity contribution in [2.24, 2.45) is 0 Å². The number of carbonyl (C=O) groups is 1. The quantitative estimate of drug-likeness (QED) is 0.899. The number of aliphatic carboxylic acids is 1. The van der Waals surface area contributed by atoms with E-state index in [4.69, 9.17) is 5.11 Å². The second kappa shape index (κ2) is 5.55. The molecule has 0 amide bonds. The third-order valence-corrected chi connectivity index (χ3v) is 4.62. The summed E-state index contributed by atoms with van der Waals surface area (Å²) in [6.07, 6.45) is 1.13. The smallest absolute Gasteiger partial charge is 0.340 e. The molecule has 2 aromatic carbocycles. The van der Waals surface area contributed by atoms with Crippen molar-refractivity contribution in [1.82, 2.24) is 0 Å². The first kappa shape index (κ1) is 16.2. The Balaban J connectivity index is 2.52. The van der Waals surface area contributed by atoms with Gasteiger partial charge in [0.2, 0.25) is 0 Å². The normalized spacial score (nSPS) is 14.3. The lowest BCUT2D eigenvalue weighted by Gasteiger charge is -2.18. The molecule has 0 aromatic heterocycles. The molecule has 22 heavy (non-hydrogen) atoms. The average Bonchev–Trinajstić information content (AvgIpc) is 2.46. The number of carboxylic acid groups (broad SMARTS) is 1. The SMILES string of the molecule is CC(O)(C(=O)O)c1ccc(-c2ccccc2S(C)(=O)=O)cc1. The van der Waals surface area contributed by atoms with Gasteiger partial charge in [-0.3, -0.25) is 0 Å². The fourth-order valence-electron chi connectivity index (χ4n) is 2.13. The summed E-state index contributed by atoms with van der Waals surface area (Å²) < 4.78 is 23.6. The van der Waals surface area contributed by atoms with E-state index < -0.39 is 21.4 Å². The molecule has 0 aliphatic rings. The molecule has 2 rings (SSSR count). The third kappa shape index (κ3) is 3.03. The summed E-state index contributed by atoms with van der Waals surface area (Å²) in [4.78, 5) is 11.2. The van der Waals surface area contributed by atoms with Crippen LogP contribution in [0.5, 0.6) is 0 Å². The van der Waals surface area contributed by atoms with Gasteiger partial charge in [0.15, 0.2) is 15.4 Å². The first-order valence-electron chi connectivity index (χ1n) is 6.50. The average molecular weight is 320 g/mol. The molecule has 0 aliphatic carbocycles. The zero-order valence-corrected chi connectivity index (χ0v) is 13.0. The Morgan fingerprint density at radius 1 is 1.05 bits per heavy atom. The van der Waals surface area contributed by atoms with Gasteiger partial charge >= 0.3 is 5.97 Å². The minimum atomic E-state index is -3.38. The van der Waals surface area contributed by atoms with Gasteiger partial charge in [-0.25, -0.2) is 13.2 Å². The summed E-state index contributed by atoms with van der Waals surface area (Å²) in [5.41, 5.74) is -0.604. The molecule has 0 saturated heterocycles. The number of rotatable bonds is 4. The fourth-order valence-corrected chi connectivity index (χ4v) is 3.04. The number of hydrogen-bond acceptors (Lipinski definition) is 4. The second-order valence-electron chi connectivity index (χ2n) is 5.22. The van der Waals surface area contributed by atoms with Crippen LogP contribution in [-0.2, 0) is 20.2 Å². The molecule has 1 unspecified atom stereocenters. The van der Waals surface area contributed by atoms with Crippen molar-refractivity contribution in [3.63, 3.8) is 0 Å². The van der Waals surface area contributed by atoms with Gasteiger partial charge in [0.1, 0.15) is 0 Å². The molecule has 0 heterocycles. The molecular weight excluding hydrogens is 304 g/mol. The third-order valence-electron chi connectivity index (χ3n) is 3.46. The van der Waals surface area contributed by atoms with Gasteiger partial charge in [0, 0.05) is 11.8 Å². The van der Waals surface area contributed by atoms with E-state index in [1.54, 1.807) is 30.3 Å². The monoisotopic (exact) mass is 320 g/mol. The topological polar surface area (TPSA) is 91.7 Å². The number of benzene rings is 2. The van der Waals surface area contributed by atoms with Crippen LogP contribution < -0.4 is 0 Å². The summed E-state index contributed by atoms with van der Waals surface area (Å²) in [7, 11) is -3.38. The van der Waals surface area contributed by atoms with E-state index >= 15 is 0 Å². The predicted octanol–water partition coefficient (Wildman–Crippen LogP) is 2.05. The fraction of sp³-hybridized carbons (Fsp3) is 0.188. The first-order chi connectivity index (χ1) is 10.1. The van der Waals surface area contributed by atoms with Crippen LogP contribution in [0.4, 0.5) is 0 Å². The van der Waals surface area contributed by atoms with Gasteiger partial charge in [0.05, 0.1) is 4.90 Å². The zero-order chi connectivity index (χ0) is 16.5. The highest BCUT2D eigenvalue weighted by Crippen LogP contribution is 2.29. The van der Waals surface area contributed by atoms with E-state index in [-0.39, 0.29) is 10.5 Å². The molecule has 5 nitrogen and oxygen atoms in total. The highest BCUT2D eigenvalue weighted by atomic mass is 32.2.